The number of piperazine rings is 1. The molecule has 3 N–H and O–H groups in total. The third kappa shape index (κ3) is 2.90. The van der Waals surface area contributed by atoms with Crippen molar-refractivity contribution in [2.75, 3.05) is 65.5 Å². The molecule has 7 heteroatoms. The van der Waals surface area contributed by atoms with Gasteiger partial charge in [-0.1, -0.05) is 6.42 Å². The predicted octanol–water partition coefficient (Wildman–Crippen LogP) is -0.341. The van der Waals surface area contributed by atoms with E-state index in [0.29, 0.717) is 0 Å². The van der Waals surface area contributed by atoms with Crippen LogP contribution in [0.4, 0.5) is 0 Å². The summed E-state index contributed by atoms with van der Waals surface area (Å²) in [5, 5.41) is 8.63. The van der Waals surface area contributed by atoms with Crippen molar-refractivity contribution in [3.63, 3.8) is 0 Å². The predicted molar refractivity (Wildman–Crippen MR) is 94.0 cm³/mol. The minimum Gasteiger partial charge on any atom is -0.357 e. The first kappa shape index (κ1) is 17.1. The van der Waals surface area contributed by atoms with Crippen molar-refractivity contribution in [2.45, 2.75) is 44.1 Å². The van der Waals surface area contributed by atoms with Crippen molar-refractivity contribution < 1.29 is 4.74 Å². The highest BCUT2D eigenvalue weighted by Gasteiger charge is 2.56. The maximum atomic E-state index is 6.73. The molecular formula is C17H34N6O. The summed E-state index contributed by atoms with van der Waals surface area (Å²) < 4.78 is 6.09. The van der Waals surface area contributed by atoms with Gasteiger partial charge in [-0.25, -0.2) is 10.0 Å². The summed E-state index contributed by atoms with van der Waals surface area (Å²) in [6, 6.07) is 0. The Labute approximate surface area is 146 Å². The number of morpholine rings is 1. The maximum Gasteiger partial charge on any atom is 0.184 e. The van der Waals surface area contributed by atoms with Gasteiger partial charge in [0.05, 0.1) is 6.61 Å². The molecule has 0 aromatic carbocycles. The molecule has 138 valence electrons. The molecule has 0 saturated carbocycles. The highest BCUT2D eigenvalue weighted by molar-refractivity contribution is 4.99. The largest absolute Gasteiger partial charge is 0.357 e. The van der Waals surface area contributed by atoms with Crippen molar-refractivity contribution in [3.8, 4) is 0 Å². The molecule has 0 bridgehead atoms. The molecule has 4 aliphatic heterocycles. The van der Waals surface area contributed by atoms with Crippen LogP contribution in [0.15, 0.2) is 0 Å². The summed E-state index contributed by atoms with van der Waals surface area (Å²) in [5.41, 5.74) is 6.73. The molecule has 0 radical (unpaired) electrons. The lowest BCUT2D eigenvalue weighted by molar-refractivity contribution is -0.322. The fourth-order valence-electron chi connectivity index (χ4n) is 5.09. The van der Waals surface area contributed by atoms with E-state index >= 15 is 0 Å². The molecule has 7 nitrogen and oxygen atoms in total. The van der Waals surface area contributed by atoms with Crippen molar-refractivity contribution in [3.05, 3.63) is 0 Å². The first-order valence-electron chi connectivity index (χ1n) is 9.94. The van der Waals surface area contributed by atoms with Crippen molar-refractivity contribution in [1.82, 2.24) is 25.1 Å². The molecule has 0 aromatic heterocycles. The number of ether oxygens (including phenoxy) is 1. The van der Waals surface area contributed by atoms with Gasteiger partial charge in [0, 0.05) is 58.9 Å². The summed E-state index contributed by atoms with van der Waals surface area (Å²) in [6.45, 7) is 10.5. The van der Waals surface area contributed by atoms with Gasteiger partial charge in [0.2, 0.25) is 0 Å². The second-order valence-corrected chi connectivity index (χ2v) is 7.55. The van der Waals surface area contributed by atoms with Crippen LogP contribution in [0.25, 0.3) is 0 Å². The first-order valence-corrected chi connectivity index (χ1v) is 9.94. The number of likely N-dealkylation sites (tertiary alicyclic amines) is 2. The Balaban J connectivity index is 1.69. The van der Waals surface area contributed by atoms with Gasteiger partial charge >= 0.3 is 0 Å². The molecule has 4 heterocycles. The second kappa shape index (κ2) is 7.53. The van der Waals surface area contributed by atoms with E-state index in [2.05, 4.69) is 25.1 Å². The number of nitrogens with one attached hydrogen (secondary N) is 1. The van der Waals surface area contributed by atoms with Gasteiger partial charge in [-0.05, 0) is 25.7 Å². The molecule has 2 unspecified atom stereocenters. The molecule has 4 aliphatic rings. The highest BCUT2D eigenvalue weighted by Crippen LogP contribution is 2.37. The zero-order valence-electron chi connectivity index (χ0n) is 15.0. The molecule has 2 atom stereocenters. The lowest BCUT2D eigenvalue weighted by atomic mass is 10.0. The summed E-state index contributed by atoms with van der Waals surface area (Å²) in [5.74, 6) is -0.285. The van der Waals surface area contributed by atoms with Gasteiger partial charge in [-0.3, -0.25) is 9.80 Å². The standard InChI is InChI=1S/C17H34N6O/c18-16-17(21-10-4-5-11-21,20-8-2-1-3-9-20)23(14-15-24-16)22-12-6-19-7-13-22/h16,19H,1-15,18H2. The van der Waals surface area contributed by atoms with E-state index in [9.17, 15) is 0 Å². The molecule has 4 fully saturated rings. The summed E-state index contributed by atoms with van der Waals surface area (Å²) in [4.78, 5) is 5.28. The normalized spacial score (nSPS) is 38.6. The summed E-state index contributed by atoms with van der Waals surface area (Å²) >= 11 is 0. The summed E-state index contributed by atoms with van der Waals surface area (Å²) in [7, 11) is 0. The topological polar surface area (TPSA) is 60.2 Å². The van der Waals surface area contributed by atoms with E-state index in [4.69, 9.17) is 10.5 Å². The Hall–Kier alpha value is -0.280. The van der Waals surface area contributed by atoms with Crippen LogP contribution in [0.5, 0.6) is 0 Å². The van der Waals surface area contributed by atoms with Gasteiger partial charge in [0.25, 0.3) is 0 Å². The molecule has 0 amide bonds. The average Bonchev–Trinajstić information content (AvgIpc) is 3.18. The monoisotopic (exact) mass is 338 g/mol. The van der Waals surface area contributed by atoms with Crippen molar-refractivity contribution in [2.24, 2.45) is 5.73 Å². The lowest BCUT2D eigenvalue weighted by Crippen LogP contribution is -2.83. The molecule has 0 aliphatic carbocycles. The van der Waals surface area contributed by atoms with Gasteiger partial charge in [-0.2, -0.15) is 0 Å². The lowest BCUT2D eigenvalue weighted by Gasteiger charge is -2.62. The molecule has 0 aromatic rings. The van der Waals surface area contributed by atoms with E-state index in [1.165, 1.54) is 32.1 Å². The van der Waals surface area contributed by atoms with Crippen LogP contribution in [0.2, 0.25) is 0 Å². The van der Waals surface area contributed by atoms with Crippen LogP contribution in [0.1, 0.15) is 32.1 Å². The molecular weight excluding hydrogens is 304 g/mol. The third-order valence-corrected chi connectivity index (χ3v) is 6.19. The van der Waals surface area contributed by atoms with Gasteiger partial charge in [-0.15, -0.1) is 0 Å². The van der Waals surface area contributed by atoms with Crippen LogP contribution in [0.3, 0.4) is 0 Å². The van der Waals surface area contributed by atoms with Crippen LogP contribution in [0, 0.1) is 0 Å². The van der Waals surface area contributed by atoms with E-state index in [-0.39, 0.29) is 12.0 Å². The van der Waals surface area contributed by atoms with E-state index in [0.717, 1.165) is 65.5 Å². The van der Waals surface area contributed by atoms with Gasteiger partial charge in [0.1, 0.15) is 0 Å². The van der Waals surface area contributed by atoms with E-state index in [1.807, 2.05) is 0 Å². The SMILES string of the molecule is NC1OCCN(N2CCNCC2)C1(N1CCCCC1)N1CCCC1. The zero-order chi connectivity index (χ0) is 16.4. The van der Waals surface area contributed by atoms with Crippen molar-refractivity contribution in [1.29, 1.82) is 0 Å². The number of rotatable bonds is 3. The minimum atomic E-state index is -0.285. The third-order valence-electron chi connectivity index (χ3n) is 6.19. The average molecular weight is 339 g/mol. The fraction of sp³-hybridized carbons (Fsp3) is 1.00. The number of hydrogen-bond acceptors (Lipinski definition) is 7. The number of hydrogen-bond donors (Lipinski definition) is 2. The minimum absolute atomic E-state index is 0.266. The second-order valence-electron chi connectivity index (χ2n) is 7.55. The van der Waals surface area contributed by atoms with Gasteiger partial charge in [0.15, 0.2) is 12.0 Å². The van der Waals surface area contributed by atoms with Crippen molar-refractivity contribution >= 4 is 0 Å². The highest BCUT2D eigenvalue weighted by atomic mass is 16.5. The van der Waals surface area contributed by atoms with Gasteiger partial charge < -0.3 is 15.8 Å². The van der Waals surface area contributed by atoms with Crippen LogP contribution >= 0.6 is 0 Å². The van der Waals surface area contributed by atoms with Crippen LogP contribution in [-0.4, -0.2) is 97.3 Å². The fourth-order valence-corrected chi connectivity index (χ4v) is 5.09. The first-order chi connectivity index (χ1) is 11.8. The Morgan fingerprint density at radius 2 is 1.38 bits per heavy atom. The number of nitrogens with two attached hydrogens (primary N) is 1. The molecule has 24 heavy (non-hydrogen) atoms. The molecule has 0 spiro atoms. The quantitative estimate of drug-likeness (QED) is 0.730. The number of nitrogens with zero attached hydrogens (tertiary/aromatic N) is 4. The Kier molecular flexibility index (Phi) is 5.38. The zero-order valence-corrected chi connectivity index (χ0v) is 15.0. The van der Waals surface area contributed by atoms with Crippen LogP contribution in [-0.2, 0) is 4.74 Å². The van der Waals surface area contributed by atoms with E-state index < -0.39 is 0 Å². The summed E-state index contributed by atoms with van der Waals surface area (Å²) in [6.07, 6.45) is 6.18. The Bertz CT molecular complexity index is 406. The van der Waals surface area contributed by atoms with E-state index in [1.54, 1.807) is 0 Å². The Morgan fingerprint density at radius 3 is 2.00 bits per heavy atom. The van der Waals surface area contributed by atoms with Crippen LogP contribution < -0.4 is 11.1 Å². The number of hydrazine groups is 1. The number of piperidine rings is 1. The molecule has 4 saturated heterocycles. The maximum absolute atomic E-state index is 6.73. The smallest absolute Gasteiger partial charge is 0.184 e. The Morgan fingerprint density at radius 1 is 0.792 bits per heavy atom. The molecule has 4 rings (SSSR count).